The predicted octanol–water partition coefficient (Wildman–Crippen LogP) is 2.12. The standard InChI is InChI=1S/C9H9ClN2/c1-12-9(6-11)7-2-4-8(10)5-3-7/h2-5,9,12H,1H3. The fourth-order valence-electron chi connectivity index (χ4n) is 0.961. The monoisotopic (exact) mass is 180 g/mol. The lowest BCUT2D eigenvalue weighted by molar-refractivity contribution is 0.727. The third kappa shape index (κ3) is 1.97. The Morgan fingerprint density at radius 2 is 2.00 bits per heavy atom. The van der Waals surface area contributed by atoms with Crippen molar-refractivity contribution in [3.05, 3.63) is 34.9 Å². The van der Waals surface area contributed by atoms with Crippen molar-refractivity contribution in [1.82, 2.24) is 5.32 Å². The smallest absolute Gasteiger partial charge is 0.121 e. The minimum Gasteiger partial charge on any atom is -0.301 e. The van der Waals surface area contributed by atoms with Crippen LogP contribution in [0.15, 0.2) is 24.3 Å². The summed E-state index contributed by atoms with van der Waals surface area (Å²) >= 11 is 5.70. The zero-order chi connectivity index (χ0) is 8.97. The highest BCUT2D eigenvalue weighted by Crippen LogP contribution is 2.15. The van der Waals surface area contributed by atoms with Crippen molar-refractivity contribution in [3.63, 3.8) is 0 Å². The molecule has 0 aliphatic heterocycles. The molecule has 3 heteroatoms. The first-order valence-electron chi connectivity index (χ1n) is 3.60. The van der Waals surface area contributed by atoms with E-state index in [9.17, 15) is 0 Å². The number of rotatable bonds is 2. The van der Waals surface area contributed by atoms with Gasteiger partial charge in [-0.05, 0) is 24.7 Å². The van der Waals surface area contributed by atoms with Crippen molar-refractivity contribution in [2.45, 2.75) is 6.04 Å². The van der Waals surface area contributed by atoms with Crippen molar-refractivity contribution < 1.29 is 0 Å². The Bertz CT molecular complexity index is 286. The van der Waals surface area contributed by atoms with E-state index in [0.29, 0.717) is 5.02 Å². The minimum atomic E-state index is -0.248. The van der Waals surface area contributed by atoms with E-state index in [2.05, 4.69) is 11.4 Å². The van der Waals surface area contributed by atoms with Gasteiger partial charge in [-0.25, -0.2) is 0 Å². The second kappa shape index (κ2) is 4.10. The molecule has 1 N–H and O–H groups in total. The molecule has 0 amide bonds. The van der Waals surface area contributed by atoms with Gasteiger partial charge in [-0.2, -0.15) is 5.26 Å². The van der Waals surface area contributed by atoms with Crippen molar-refractivity contribution in [2.24, 2.45) is 0 Å². The third-order valence-corrected chi connectivity index (χ3v) is 1.87. The Kier molecular flexibility index (Phi) is 3.09. The summed E-state index contributed by atoms with van der Waals surface area (Å²) in [5.41, 5.74) is 0.935. The van der Waals surface area contributed by atoms with Crippen molar-refractivity contribution in [2.75, 3.05) is 7.05 Å². The van der Waals surface area contributed by atoms with Gasteiger partial charge in [0.25, 0.3) is 0 Å². The highest BCUT2D eigenvalue weighted by atomic mass is 35.5. The number of nitrogens with one attached hydrogen (secondary N) is 1. The molecule has 0 fully saturated rings. The molecule has 0 aliphatic carbocycles. The van der Waals surface area contributed by atoms with Gasteiger partial charge >= 0.3 is 0 Å². The molecule has 1 atom stereocenters. The van der Waals surface area contributed by atoms with Gasteiger partial charge in [0.05, 0.1) is 6.07 Å². The number of hydrogen-bond donors (Lipinski definition) is 1. The summed E-state index contributed by atoms with van der Waals surface area (Å²) < 4.78 is 0. The van der Waals surface area contributed by atoms with E-state index in [4.69, 9.17) is 16.9 Å². The molecular formula is C9H9ClN2. The van der Waals surface area contributed by atoms with Crippen LogP contribution in [0.3, 0.4) is 0 Å². The van der Waals surface area contributed by atoms with E-state index >= 15 is 0 Å². The second-order valence-corrected chi connectivity index (χ2v) is 2.84. The molecule has 12 heavy (non-hydrogen) atoms. The maximum atomic E-state index is 8.70. The number of nitriles is 1. The van der Waals surface area contributed by atoms with Crippen molar-refractivity contribution in [3.8, 4) is 6.07 Å². The van der Waals surface area contributed by atoms with Gasteiger partial charge in [0, 0.05) is 5.02 Å². The van der Waals surface area contributed by atoms with Crippen LogP contribution in [0.5, 0.6) is 0 Å². The van der Waals surface area contributed by atoms with E-state index in [-0.39, 0.29) is 6.04 Å². The molecule has 1 aromatic carbocycles. The normalized spacial score (nSPS) is 12.1. The van der Waals surface area contributed by atoms with Gasteiger partial charge in [0.15, 0.2) is 0 Å². The molecule has 62 valence electrons. The molecule has 1 unspecified atom stereocenters. The van der Waals surface area contributed by atoms with Gasteiger partial charge < -0.3 is 5.32 Å². The molecule has 0 aromatic heterocycles. The van der Waals surface area contributed by atoms with E-state index in [1.807, 2.05) is 12.1 Å². The Morgan fingerprint density at radius 3 is 2.42 bits per heavy atom. The summed E-state index contributed by atoms with van der Waals surface area (Å²) in [6, 6.07) is 9.12. The summed E-state index contributed by atoms with van der Waals surface area (Å²) in [5, 5.41) is 12.3. The van der Waals surface area contributed by atoms with Gasteiger partial charge in [0.1, 0.15) is 6.04 Å². The maximum Gasteiger partial charge on any atom is 0.121 e. The molecule has 0 radical (unpaired) electrons. The number of halogens is 1. The molecule has 0 spiro atoms. The largest absolute Gasteiger partial charge is 0.301 e. The summed E-state index contributed by atoms with van der Waals surface area (Å²) in [4.78, 5) is 0. The molecule has 2 nitrogen and oxygen atoms in total. The summed E-state index contributed by atoms with van der Waals surface area (Å²) in [5.74, 6) is 0. The summed E-state index contributed by atoms with van der Waals surface area (Å²) in [6.07, 6.45) is 0. The summed E-state index contributed by atoms with van der Waals surface area (Å²) in [7, 11) is 1.75. The zero-order valence-corrected chi connectivity index (χ0v) is 7.47. The van der Waals surface area contributed by atoms with Crippen LogP contribution < -0.4 is 5.32 Å². The van der Waals surface area contributed by atoms with Gasteiger partial charge in [-0.15, -0.1) is 0 Å². The predicted molar refractivity (Wildman–Crippen MR) is 48.9 cm³/mol. The molecule has 1 rings (SSSR count). The third-order valence-electron chi connectivity index (χ3n) is 1.62. The highest BCUT2D eigenvalue weighted by molar-refractivity contribution is 6.30. The number of hydrogen-bond acceptors (Lipinski definition) is 2. The lowest BCUT2D eigenvalue weighted by atomic mass is 10.1. The SMILES string of the molecule is CNC(C#N)c1ccc(Cl)cc1. The molecule has 0 bridgehead atoms. The van der Waals surface area contributed by atoms with Crippen LogP contribution in [0.4, 0.5) is 0 Å². The lowest BCUT2D eigenvalue weighted by Crippen LogP contribution is -2.13. The van der Waals surface area contributed by atoms with Crippen LogP contribution in [-0.4, -0.2) is 7.05 Å². The number of nitrogens with zero attached hydrogens (tertiary/aromatic N) is 1. The molecular weight excluding hydrogens is 172 g/mol. The van der Waals surface area contributed by atoms with E-state index in [0.717, 1.165) is 5.56 Å². The first-order chi connectivity index (χ1) is 5.77. The highest BCUT2D eigenvalue weighted by Gasteiger charge is 2.05. The molecule has 0 saturated carbocycles. The Morgan fingerprint density at radius 1 is 1.42 bits per heavy atom. The van der Waals surface area contributed by atoms with Gasteiger partial charge in [0.2, 0.25) is 0 Å². The second-order valence-electron chi connectivity index (χ2n) is 2.40. The van der Waals surface area contributed by atoms with Crippen LogP contribution in [0.1, 0.15) is 11.6 Å². The van der Waals surface area contributed by atoms with Crippen LogP contribution >= 0.6 is 11.6 Å². The average Bonchev–Trinajstić information content (AvgIpc) is 2.10. The van der Waals surface area contributed by atoms with Crippen molar-refractivity contribution >= 4 is 11.6 Å². The Balaban J connectivity index is 2.89. The lowest BCUT2D eigenvalue weighted by Gasteiger charge is -2.06. The fourth-order valence-corrected chi connectivity index (χ4v) is 1.09. The fraction of sp³-hybridized carbons (Fsp3) is 0.222. The quantitative estimate of drug-likeness (QED) is 0.757. The van der Waals surface area contributed by atoms with E-state index in [1.54, 1.807) is 19.2 Å². The van der Waals surface area contributed by atoms with Gasteiger partial charge in [-0.3, -0.25) is 0 Å². The number of benzene rings is 1. The van der Waals surface area contributed by atoms with Gasteiger partial charge in [-0.1, -0.05) is 23.7 Å². The Hall–Kier alpha value is -1.04. The van der Waals surface area contributed by atoms with Crippen LogP contribution in [0.2, 0.25) is 5.02 Å². The molecule has 1 aromatic rings. The minimum absolute atomic E-state index is 0.248. The van der Waals surface area contributed by atoms with Crippen LogP contribution in [0.25, 0.3) is 0 Å². The summed E-state index contributed by atoms with van der Waals surface area (Å²) in [6.45, 7) is 0. The first kappa shape index (κ1) is 9.05. The van der Waals surface area contributed by atoms with E-state index in [1.165, 1.54) is 0 Å². The molecule has 0 aliphatic rings. The topological polar surface area (TPSA) is 35.8 Å². The molecule has 0 saturated heterocycles. The van der Waals surface area contributed by atoms with Crippen LogP contribution in [-0.2, 0) is 0 Å². The zero-order valence-electron chi connectivity index (χ0n) is 6.71. The maximum absolute atomic E-state index is 8.70. The van der Waals surface area contributed by atoms with E-state index < -0.39 is 0 Å². The first-order valence-corrected chi connectivity index (χ1v) is 3.98. The average molecular weight is 181 g/mol. The Labute approximate surface area is 76.8 Å². The molecule has 0 heterocycles. The van der Waals surface area contributed by atoms with Crippen molar-refractivity contribution in [1.29, 1.82) is 5.26 Å². The van der Waals surface area contributed by atoms with Crippen LogP contribution in [0, 0.1) is 11.3 Å².